The number of carboxylic acids is 1. The van der Waals surface area contributed by atoms with Crippen LogP contribution in [0.5, 0.6) is 0 Å². The number of alkyl carbamates (subject to hydrolysis) is 1. The highest BCUT2D eigenvalue weighted by molar-refractivity contribution is 7.91. The van der Waals surface area contributed by atoms with Gasteiger partial charge in [0.15, 0.2) is 19.7 Å². The quantitative estimate of drug-likeness (QED) is 0.0655. The van der Waals surface area contributed by atoms with Crippen LogP contribution in [-0.4, -0.2) is 93.6 Å². The molecule has 4 heterocycles. The Morgan fingerprint density at radius 1 is 0.642 bits per heavy atom. The van der Waals surface area contributed by atoms with E-state index in [2.05, 4.69) is 30.6 Å². The second kappa shape index (κ2) is 27.9. The van der Waals surface area contributed by atoms with E-state index in [-0.39, 0.29) is 46.8 Å². The molecule has 2 aliphatic carbocycles. The van der Waals surface area contributed by atoms with E-state index >= 15 is 0 Å². The number of carbonyl (C=O) groups is 4. The summed E-state index contributed by atoms with van der Waals surface area (Å²) >= 11 is 0. The van der Waals surface area contributed by atoms with E-state index in [1.165, 1.54) is 12.1 Å². The first-order valence-electron chi connectivity index (χ1n) is 26.9. The molecule has 0 spiro atoms. The van der Waals surface area contributed by atoms with Gasteiger partial charge in [0.2, 0.25) is 11.8 Å². The minimum Gasteiger partial charge on any atom is -0.478 e. The third kappa shape index (κ3) is 19.7. The molecule has 22 heteroatoms. The number of aryl methyl sites for hydroxylation is 2. The number of carboxylic acid groups (broad SMARTS) is 1. The molecule has 2 aromatic carbocycles. The van der Waals surface area contributed by atoms with Gasteiger partial charge in [-0.15, -0.1) is 0 Å². The number of carbonyl (C=O) groups excluding carboxylic acids is 3. The summed E-state index contributed by atoms with van der Waals surface area (Å²) in [5.41, 5.74) is 8.76. The molecule has 0 unspecified atom stereocenters. The van der Waals surface area contributed by atoms with Gasteiger partial charge < -0.3 is 39.8 Å². The van der Waals surface area contributed by atoms with Crippen LogP contribution in [0.15, 0.2) is 106 Å². The van der Waals surface area contributed by atoms with Crippen LogP contribution in [0.2, 0.25) is 0 Å². The normalized spacial score (nSPS) is 17.5. The maximum atomic E-state index is 13.2. The van der Waals surface area contributed by atoms with Gasteiger partial charge in [0.25, 0.3) is 5.91 Å². The molecule has 4 aromatic heterocycles. The van der Waals surface area contributed by atoms with E-state index in [1.54, 1.807) is 95.8 Å². The van der Waals surface area contributed by atoms with Crippen LogP contribution >= 0.6 is 0 Å². The number of benzene rings is 2. The zero-order valence-corrected chi connectivity index (χ0v) is 48.9. The molecule has 0 atom stereocenters. The van der Waals surface area contributed by atoms with E-state index in [4.69, 9.17) is 29.1 Å². The van der Waals surface area contributed by atoms with Gasteiger partial charge in [0, 0.05) is 67.0 Å². The fourth-order valence-electron chi connectivity index (χ4n) is 9.17. The largest absolute Gasteiger partial charge is 0.478 e. The Balaban J connectivity index is 0.000000232. The molecular formula is C59H75N7O13S2. The van der Waals surface area contributed by atoms with Gasteiger partial charge in [-0.25, -0.2) is 36.4 Å². The number of sulfone groups is 2. The molecule has 436 valence electrons. The van der Waals surface area contributed by atoms with Gasteiger partial charge in [-0.1, -0.05) is 12.1 Å². The SMILES string of the molecule is Cc1oc(-c2ccc(C(=O)NCc3cccnc3)cc2)nc1CS(=O)(=O)C1CCC(NC(=O)OC(C)(C)C)CC1.Cc1oc(-c2ccc(C(=O)O)cc2)nc1CS(=O)(=O)C1CCC(CC(=O)OC(C)(C)C)CC1.NCc1cccnc1. The number of rotatable bonds is 16. The summed E-state index contributed by atoms with van der Waals surface area (Å²) in [6.45, 7) is 15.2. The van der Waals surface area contributed by atoms with Crippen LogP contribution in [0.1, 0.15) is 154 Å². The number of hydrogen-bond donors (Lipinski definition) is 4. The van der Waals surface area contributed by atoms with E-state index in [0.717, 1.165) is 11.1 Å². The topological polar surface area (TPSA) is 303 Å². The lowest BCUT2D eigenvalue weighted by Crippen LogP contribution is -2.42. The lowest BCUT2D eigenvalue weighted by Gasteiger charge is -2.29. The predicted octanol–water partition coefficient (Wildman–Crippen LogP) is 9.82. The number of ether oxygens (including phenoxy) is 2. The monoisotopic (exact) mass is 1150 g/mol. The Morgan fingerprint density at radius 2 is 1.10 bits per heavy atom. The maximum absolute atomic E-state index is 13.2. The van der Waals surface area contributed by atoms with Crippen LogP contribution in [0.3, 0.4) is 0 Å². The first-order chi connectivity index (χ1) is 38.2. The highest BCUT2D eigenvalue weighted by atomic mass is 32.2. The van der Waals surface area contributed by atoms with Gasteiger partial charge in [-0.2, -0.15) is 0 Å². The zero-order chi connectivity index (χ0) is 59.1. The lowest BCUT2D eigenvalue weighted by atomic mass is 9.86. The van der Waals surface area contributed by atoms with Crippen LogP contribution < -0.4 is 16.4 Å². The molecule has 2 fully saturated rings. The van der Waals surface area contributed by atoms with Crippen molar-refractivity contribution in [3.8, 4) is 22.9 Å². The zero-order valence-electron chi connectivity index (χ0n) is 47.3. The predicted molar refractivity (Wildman–Crippen MR) is 305 cm³/mol. The van der Waals surface area contributed by atoms with Crippen molar-refractivity contribution in [3.05, 3.63) is 143 Å². The lowest BCUT2D eigenvalue weighted by molar-refractivity contribution is -0.156. The molecule has 2 aliphatic rings. The molecule has 0 saturated heterocycles. The summed E-state index contributed by atoms with van der Waals surface area (Å²) in [5, 5.41) is 13.7. The van der Waals surface area contributed by atoms with Gasteiger partial charge in [-0.05, 0) is 184 Å². The summed E-state index contributed by atoms with van der Waals surface area (Å²) in [6, 6.07) is 20.3. The number of nitrogens with two attached hydrogens (primary N) is 1. The van der Waals surface area contributed by atoms with Gasteiger partial charge in [0.1, 0.15) is 22.7 Å². The number of oxazole rings is 2. The fraction of sp³-hybridized carbons (Fsp3) is 0.458. The molecule has 6 aromatic rings. The van der Waals surface area contributed by atoms with Gasteiger partial charge in [-0.3, -0.25) is 19.6 Å². The molecule has 0 radical (unpaired) electrons. The van der Waals surface area contributed by atoms with Gasteiger partial charge in [0.05, 0.1) is 39.0 Å². The average Bonchev–Trinajstić information content (AvgIpc) is 4.07. The standard InChI is InChI=1S/C29H36N4O6S.C24H31NO7S.C6H8N2/c1-19-25(18-40(36,37)24-13-11-23(12-14-24)32-28(35)39-29(2,3)4)33-27(38-19)22-9-7-21(8-10-22)26(34)31-17-20-6-5-15-30-16-20;1-15-20(25-22(31-15)17-7-9-18(10-8-17)23(27)28)14-33(29,30)19-11-5-16(6-12-19)13-21(26)32-24(2,3)4;7-4-6-2-1-3-8-5-6/h5-10,15-16,23-24H,11-14,17-18H2,1-4H3,(H,31,34)(H,32,35);7-10,16,19H,5-6,11-14H2,1-4H3,(H,27,28);1-3,5H,4,7H2. The van der Waals surface area contributed by atoms with E-state index in [1.807, 2.05) is 45.0 Å². The van der Waals surface area contributed by atoms with Crippen LogP contribution in [-0.2, 0) is 58.5 Å². The summed E-state index contributed by atoms with van der Waals surface area (Å²) < 4.78 is 74.7. The average molecular weight is 1150 g/mol. The fourth-order valence-corrected chi connectivity index (χ4v) is 12.9. The van der Waals surface area contributed by atoms with Crippen molar-refractivity contribution >= 4 is 43.6 Å². The van der Waals surface area contributed by atoms with Crippen molar-refractivity contribution in [2.45, 2.75) is 166 Å². The second-order valence-corrected chi connectivity index (χ2v) is 26.8. The minimum absolute atomic E-state index is 0.109. The maximum Gasteiger partial charge on any atom is 0.407 e. The molecule has 0 bridgehead atoms. The third-order valence-corrected chi connectivity index (χ3v) is 17.8. The Kier molecular flexibility index (Phi) is 21.7. The number of nitrogens with zero attached hydrogens (tertiary/aromatic N) is 4. The first kappa shape index (κ1) is 62.9. The smallest absolute Gasteiger partial charge is 0.407 e. The molecule has 8 rings (SSSR count). The number of aromatic nitrogens is 4. The van der Waals surface area contributed by atoms with Crippen molar-refractivity contribution in [2.24, 2.45) is 11.7 Å². The van der Waals surface area contributed by atoms with E-state index in [9.17, 15) is 36.0 Å². The number of pyridine rings is 2. The van der Waals surface area contributed by atoms with Gasteiger partial charge >= 0.3 is 18.0 Å². The molecule has 5 N–H and O–H groups in total. The van der Waals surface area contributed by atoms with Crippen LogP contribution in [0, 0.1) is 19.8 Å². The summed E-state index contributed by atoms with van der Waals surface area (Å²) in [7, 11) is -6.92. The summed E-state index contributed by atoms with van der Waals surface area (Å²) in [4.78, 5) is 64.4. The second-order valence-electron chi connectivity index (χ2n) is 22.3. The Bertz CT molecular complexity index is 3270. The van der Waals surface area contributed by atoms with Crippen LogP contribution in [0.4, 0.5) is 4.79 Å². The molecule has 2 amide bonds. The number of aromatic carboxylic acids is 1. The third-order valence-electron chi connectivity index (χ3n) is 13.4. The van der Waals surface area contributed by atoms with Crippen molar-refractivity contribution in [3.63, 3.8) is 0 Å². The molecular weight excluding hydrogens is 1080 g/mol. The van der Waals surface area contributed by atoms with E-state index < -0.39 is 53.4 Å². The molecule has 2 saturated carbocycles. The van der Waals surface area contributed by atoms with E-state index in [0.29, 0.717) is 116 Å². The number of nitrogens with one attached hydrogen (secondary N) is 2. The molecule has 81 heavy (non-hydrogen) atoms. The highest BCUT2D eigenvalue weighted by Gasteiger charge is 2.35. The number of amides is 2. The van der Waals surface area contributed by atoms with Crippen molar-refractivity contribution in [1.29, 1.82) is 0 Å². The molecule has 20 nitrogen and oxygen atoms in total. The van der Waals surface area contributed by atoms with Crippen molar-refractivity contribution < 1.29 is 59.4 Å². The van der Waals surface area contributed by atoms with Crippen molar-refractivity contribution in [2.75, 3.05) is 0 Å². The Labute approximate surface area is 474 Å². The summed E-state index contributed by atoms with van der Waals surface area (Å²) in [5.74, 6) is -0.350. The van der Waals surface area contributed by atoms with Crippen molar-refractivity contribution in [1.82, 2.24) is 30.6 Å². The minimum atomic E-state index is -3.48. The Hall–Kier alpha value is -7.30. The Morgan fingerprint density at radius 3 is 1.52 bits per heavy atom. The number of hydrogen-bond acceptors (Lipinski definition) is 17. The first-order valence-corrected chi connectivity index (χ1v) is 30.4. The number of esters is 1. The molecule has 0 aliphatic heterocycles. The highest BCUT2D eigenvalue weighted by Crippen LogP contribution is 2.34. The van der Waals surface area contributed by atoms with Crippen LogP contribution in [0.25, 0.3) is 22.9 Å². The summed E-state index contributed by atoms with van der Waals surface area (Å²) in [6.07, 6.45) is 11.1.